The van der Waals surface area contributed by atoms with Crippen LogP contribution in [-0.2, 0) is 9.78 Å². The number of rotatable bonds is 6. The summed E-state index contributed by atoms with van der Waals surface area (Å²) in [6.07, 6.45) is 0. The smallest absolute Gasteiger partial charge is 0.242 e. The predicted octanol–water partition coefficient (Wildman–Crippen LogP) is 2.83. The summed E-state index contributed by atoms with van der Waals surface area (Å²) < 4.78 is 0. The molecule has 0 radical (unpaired) electrons. The molecule has 30 heavy (non-hydrogen) atoms. The molecule has 0 atom stereocenters. The van der Waals surface area contributed by atoms with Gasteiger partial charge >= 0.3 is 11.9 Å². The molecular formula is C24H30O4Si2. The van der Waals surface area contributed by atoms with Gasteiger partial charge in [0, 0.05) is 0 Å². The fraction of sp³-hybridized carbons (Fsp3) is 0.250. The van der Waals surface area contributed by atoms with Crippen molar-refractivity contribution >= 4 is 41.4 Å². The Kier molecular flexibility index (Phi) is 8.56. The van der Waals surface area contributed by atoms with Crippen molar-refractivity contribution in [2.24, 2.45) is 0 Å². The van der Waals surface area contributed by atoms with Gasteiger partial charge in [-0.1, -0.05) is 56.2 Å². The topological polar surface area (TPSA) is 52.6 Å². The third-order valence-electron chi connectivity index (χ3n) is 5.22. The van der Waals surface area contributed by atoms with Crippen LogP contribution in [0.2, 0.25) is 0 Å². The summed E-state index contributed by atoms with van der Waals surface area (Å²) in [7, 11) is -1.02. The van der Waals surface area contributed by atoms with E-state index in [4.69, 9.17) is 9.78 Å². The molecule has 0 spiro atoms. The van der Waals surface area contributed by atoms with Crippen LogP contribution < -0.4 is 10.4 Å². The first-order valence-corrected chi connectivity index (χ1v) is 12.9. The van der Waals surface area contributed by atoms with Crippen LogP contribution >= 0.6 is 0 Å². The normalized spacial score (nSPS) is 11.0. The molecular weight excluding hydrogens is 408 g/mol. The summed E-state index contributed by atoms with van der Waals surface area (Å²) in [6, 6.07) is 14.6. The highest BCUT2D eigenvalue weighted by Gasteiger charge is 2.14. The van der Waals surface area contributed by atoms with Gasteiger partial charge in [0.15, 0.2) is 0 Å². The van der Waals surface area contributed by atoms with Crippen molar-refractivity contribution in [1.82, 2.24) is 0 Å². The molecule has 0 saturated heterocycles. The number of carbonyl (C=O) groups excluding carboxylic acids is 2. The molecule has 0 N–H and O–H groups in total. The van der Waals surface area contributed by atoms with Gasteiger partial charge in [-0.05, 0) is 65.8 Å². The molecule has 6 heteroatoms. The lowest BCUT2D eigenvalue weighted by Crippen LogP contribution is -2.18. The average molecular weight is 439 g/mol. The van der Waals surface area contributed by atoms with Gasteiger partial charge in [0.25, 0.3) is 0 Å². The minimum absolute atomic E-state index is 0.356. The van der Waals surface area contributed by atoms with Crippen LogP contribution in [0.1, 0.15) is 62.3 Å². The molecule has 4 nitrogen and oxygen atoms in total. The zero-order chi connectivity index (χ0) is 22.3. The third-order valence-corrected chi connectivity index (χ3v) is 9.45. The highest BCUT2D eigenvalue weighted by Crippen LogP contribution is 2.07. The first-order chi connectivity index (χ1) is 14.2. The maximum Gasteiger partial charge on any atom is 0.386 e. The molecule has 0 aliphatic carbocycles. The largest absolute Gasteiger partial charge is 0.386 e. The van der Waals surface area contributed by atoms with Gasteiger partial charge < -0.3 is 0 Å². The fourth-order valence-electron chi connectivity index (χ4n) is 2.66. The van der Waals surface area contributed by atoms with E-state index in [-0.39, 0.29) is 0 Å². The molecule has 158 valence electrons. The molecule has 0 aliphatic heterocycles. The second-order valence-corrected chi connectivity index (χ2v) is 12.5. The lowest BCUT2D eigenvalue weighted by atomic mass is 10.2. The minimum atomic E-state index is -0.682. The average Bonchev–Trinajstić information content (AvgIpc) is 2.72. The second kappa shape index (κ2) is 10.9. The Balaban J connectivity index is 1.92. The molecule has 0 heterocycles. The van der Waals surface area contributed by atoms with E-state index < -0.39 is 31.0 Å². The Hall–Kier alpha value is -2.71. The second-order valence-electron chi connectivity index (χ2n) is 8.05. The first kappa shape index (κ1) is 23.6. The minimum Gasteiger partial charge on any atom is -0.242 e. The summed E-state index contributed by atoms with van der Waals surface area (Å²) in [5, 5.41) is 5.36. The van der Waals surface area contributed by atoms with E-state index in [2.05, 4.69) is 41.5 Å². The zero-order valence-electron chi connectivity index (χ0n) is 18.7. The van der Waals surface area contributed by atoms with Crippen molar-refractivity contribution < 1.29 is 19.4 Å². The maximum absolute atomic E-state index is 12.2. The van der Waals surface area contributed by atoms with Crippen molar-refractivity contribution in [3.05, 3.63) is 81.2 Å². The first-order valence-electron chi connectivity index (χ1n) is 10.0. The van der Waals surface area contributed by atoms with E-state index in [1.165, 1.54) is 31.9 Å². The summed E-state index contributed by atoms with van der Waals surface area (Å²) >= 11 is 0. The van der Waals surface area contributed by atoms with Gasteiger partial charge in [-0.25, -0.2) is 19.4 Å². The molecule has 2 aromatic carbocycles. The number of benzene rings is 2. The molecule has 0 fully saturated rings. The van der Waals surface area contributed by atoms with Gasteiger partial charge in [0.1, 0.15) is 0 Å². The summed E-state index contributed by atoms with van der Waals surface area (Å²) in [5.74, 6) is -1.36. The Labute approximate surface area is 183 Å². The van der Waals surface area contributed by atoms with Gasteiger partial charge in [-0.3, -0.25) is 0 Å². The monoisotopic (exact) mass is 438 g/mol. The van der Waals surface area contributed by atoms with Crippen LogP contribution in [0.15, 0.2) is 70.1 Å². The van der Waals surface area contributed by atoms with Gasteiger partial charge in [0.2, 0.25) is 0 Å². The van der Waals surface area contributed by atoms with Gasteiger partial charge in [0.05, 0.1) is 30.2 Å². The molecule has 0 aromatic heterocycles. The predicted molar refractivity (Wildman–Crippen MR) is 128 cm³/mol. The van der Waals surface area contributed by atoms with Crippen LogP contribution in [-0.4, -0.2) is 31.0 Å². The lowest BCUT2D eigenvalue weighted by Gasteiger charge is -2.07. The Bertz CT molecular complexity index is 882. The van der Waals surface area contributed by atoms with Crippen molar-refractivity contribution in [2.45, 2.75) is 41.5 Å². The lowest BCUT2D eigenvalue weighted by molar-refractivity contribution is -0.187. The molecule has 0 saturated carbocycles. The Morgan fingerprint density at radius 1 is 0.567 bits per heavy atom. The van der Waals surface area contributed by atoms with E-state index in [0.717, 1.165) is 0 Å². The quantitative estimate of drug-likeness (QED) is 0.395. The summed E-state index contributed by atoms with van der Waals surface area (Å²) in [6.45, 7) is 12.8. The molecule has 2 rings (SSSR count). The SMILES string of the molecule is CC(C)=C(C)[SiH2]c1ccc(C(=O)OOC(=O)c2ccc([SiH2]C(C)=C(C)C)cc2)cc1. The van der Waals surface area contributed by atoms with E-state index in [9.17, 15) is 9.59 Å². The zero-order valence-corrected chi connectivity index (χ0v) is 21.5. The molecule has 0 bridgehead atoms. The van der Waals surface area contributed by atoms with Crippen molar-refractivity contribution in [3.63, 3.8) is 0 Å². The maximum atomic E-state index is 12.2. The van der Waals surface area contributed by atoms with E-state index in [1.807, 2.05) is 24.3 Å². The number of hydrogen-bond acceptors (Lipinski definition) is 4. The van der Waals surface area contributed by atoms with Crippen LogP contribution in [0, 0.1) is 0 Å². The summed E-state index contributed by atoms with van der Waals surface area (Å²) in [5.41, 5.74) is 3.40. The van der Waals surface area contributed by atoms with E-state index in [0.29, 0.717) is 11.1 Å². The standard InChI is InChI=1S/C24H30O4Si2/c1-15(2)17(5)29-21-11-7-19(8-12-21)23(25)27-28-24(26)20-9-13-22(14-10-20)30-18(6)16(3)4/h7-14H,29-30H2,1-6H3. The van der Waals surface area contributed by atoms with Crippen LogP contribution in [0.4, 0.5) is 0 Å². The Morgan fingerprint density at radius 3 is 1.13 bits per heavy atom. The Morgan fingerprint density at radius 2 is 0.867 bits per heavy atom. The third kappa shape index (κ3) is 6.97. The highest BCUT2D eigenvalue weighted by molar-refractivity contribution is 6.61. The molecule has 0 aliphatic rings. The van der Waals surface area contributed by atoms with Crippen molar-refractivity contribution in [2.75, 3.05) is 0 Å². The van der Waals surface area contributed by atoms with Gasteiger partial charge in [-0.15, -0.1) is 0 Å². The molecule has 0 amide bonds. The molecule has 0 unspecified atom stereocenters. The van der Waals surface area contributed by atoms with E-state index in [1.54, 1.807) is 24.3 Å². The van der Waals surface area contributed by atoms with Crippen molar-refractivity contribution in [3.8, 4) is 0 Å². The van der Waals surface area contributed by atoms with Crippen molar-refractivity contribution in [1.29, 1.82) is 0 Å². The highest BCUT2D eigenvalue weighted by atomic mass is 28.2. The van der Waals surface area contributed by atoms with Crippen LogP contribution in [0.25, 0.3) is 0 Å². The van der Waals surface area contributed by atoms with Crippen LogP contribution in [0.3, 0.4) is 0 Å². The number of carbonyl (C=O) groups is 2. The fourth-order valence-corrected chi connectivity index (χ4v) is 5.53. The van der Waals surface area contributed by atoms with Gasteiger partial charge in [-0.2, -0.15) is 0 Å². The summed E-state index contributed by atoms with van der Waals surface area (Å²) in [4.78, 5) is 33.8. The van der Waals surface area contributed by atoms with Crippen LogP contribution in [0.5, 0.6) is 0 Å². The molecule has 2 aromatic rings. The number of hydrogen-bond donors (Lipinski definition) is 0. The van der Waals surface area contributed by atoms with E-state index >= 15 is 0 Å². The number of allylic oxidation sites excluding steroid dienone is 4.